The summed E-state index contributed by atoms with van der Waals surface area (Å²) >= 11 is 1.16. The van der Waals surface area contributed by atoms with Crippen LogP contribution < -0.4 is 10.6 Å². The van der Waals surface area contributed by atoms with Gasteiger partial charge < -0.3 is 10.6 Å². The quantitative estimate of drug-likeness (QED) is 0.855. The first-order valence-corrected chi connectivity index (χ1v) is 7.41. The molecule has 0 bridgehead atoms. The standard InChI is InChI=1S/C12H17F3N4OS.ClH/c1-8-17-6-9(21-8)11(20)18-7-10(12(13,14)15)19-4-2-16-3-5-19;/h6,10,16H,2-5,7H2,1H3,(H,18,20);1H. The molecule has 10 heteroatoms. The molecule has 22 heavy (non-hydrogen) atoms. The molecule has 5 nitrogen and oxygen atoms in total. The van der Waals surface area contributed by atoms with Crippen molar-refractivity contribution >= 4 is 29.7 Å². The zero-order chi connectivity index (χ0) is 15.5. The summed E-state index contributed by atoms with van der Waals surface area (Å²) in [5, 5.41) is 6.08. The van der Waals surface area contributed by atoms with Crippen LogP contribution >= 0.6 is 23.7 Å². The summed E-state index contributed by atoms with van der Waals surface area (Å²) in [6.07, 6.45) is -2.99. The Bertz CT molecular complexity index is 491. The zero-order valence-corrected chi connectivity index (χ0v) is 13.6. The Morgan fingerprint density at radius 3 is 2.64 bits per heavy atom. The first-order valence-electron chi connectivity index (χ1n) is 6.60. The van der Waals surface area contributed by atoms with Gasteiger partial charge in [-0.1, -0.05) is 0 Å². The molecule has 1 unspecified atom stereocenters. The second-order valence-electron chi connectivity index (χ2n) is 4.80. The van der Waals surface area contributed by atoms with Crippen LogP contribution in [0, 0.1) is 6.92 Å². The molecule has 0 aliphatic carbocycles. The third-order valence-electron chi connectivity index (χ3n) is 3.27. The lowest BCUT2D eigenvalue weighted by molar-refractivity contribution is -0.183. The van der Waals surface area contributed by atoms with Crippen molar-refractivity contribution in [3.63, 3.8) is 0 Å². The van der Waals surface area contributed by atoms with Crippen LogP contribution in [-0.4, -0.2) is 60.7 Å². The van der Waals surface area contributed by atoms with Gasteiger partial charge in [-0.2, -0.15) is 13.2 Å². The highest BCUT2D eigenvalue weighted by Gasteiger charge is 2.43. The van der Waals surface area contributed by atoms with Gasteiger partial charge in [0.15, 0.2) is 0 Å². The van der Waals surface area contributed by atoms with Gasteiger partial charge >= 0.3 is 6.18 Å². The molecule has 1 atom stereocenters. The van der Waals surface area contributed by atoms with Crippen molar-refractivity contribution in [1.82, 2.24) is 20.5 Å². The number of carbonyl (C=O) groups excluding carboxylic acids is 1. The molecule has 1 amide bonds. The topological polar surface area (TPSA) is 57.3 Å². The molecular formula is C12H18ClF3N4OS. The Morgan fingerprint density at radius 1 is 1.50 bits per heavy atom. The van der Waals surface area contributed by atoms with E-state index in [9.17, 15) is 18.0 Å². The van der Waals surface area contributed by atoms with Gasteiger partial charge in [-0.25, -0.2) is 4.98 Å². The molecule has 0 aromatic carbocycles. The van der Waals surface area contributed by atoms with Crippen LogP contribution in [0.15, 0.2) is 6.20 Å². The number of aromatic nitrogens is 1. The lowest BCUT2D eigenvalue weighted by atomic mass is 10.2. The van der Waals surface area contributed by atoms with Crippen molar-refractivity contribution in [1.29, 1.82) is 0 Å². The summed E-state index contributed by atoms with van der Waals surface area (Å²) in [4.78, 5) is 17.4. The summed E-state index contributed by atoms with van der Waals surface area (Å²) in [5.74, 6) is -0.509. The second kappa shape index (κ2) is 8.09. The van der Waals surface area contributed by atoms with Crippen molar-refractivity contribution < 1.29 is 18.0 Å². The van der Waals surface area contributed by atoms with Crippen LogP contribution in [0.4, 0.5) is 13.2 Å². The minimum atomic E-state index is -4.37. The number of amides is 1. The van der Waals surface area contributed by atoms with E-state index in [1.54, 1.807) is 6.92 Å². The van der Waals surface area contributed by atoms with E-state index in [0.717, 1.165) is 11.3 Å². The number of thiazole rings is 1. The van der Waals surface area contributed by atoms with E-state index in [-0.39, 0.29) is 12.4 Å². The third kappa shape index (κ3) is 5.08. The summed E-state index contributed by atoms with van der Waals surface area (Å²) in [6, 6.07) is -1.66. The van der Waals surface area contributed by atoms with Crippen LogP contribution in [-0.2, 0) is 0 Å². The largest absolute Gasteiger partial charge is 0.405 e. The lowest BCUT2D eigenvalue weighted by Crippen LogP contribution is -2.57. The van der Waals surface area contributed by atoms with Crippen LogP contribution in [0.3, 0.4) is 0 Å². The number of carbonyl (C=O) groups is 1. The monoisotopic (exact) mass is 358 g/mol. The lowest BCUT2D eigenvalue weighted by Gasteiger charge is -2.35. The number of nitrogens with zero attached hydrogens (tertiary/aromatic N) is 2. The second-order valence-corrected chi connectivity index (χ2v) is 6.03. The molecule has 126 valence electrons. The van der Waals surface area contributed by atoms with Crippen LogP contribution in [0.5, 0.6) is 0 Å². The summed E-state index contributed by atoms with van der Waals surface area (Å²) in [6.45, 7) is 2.97. The maximum absolute atomic E-state index is 13.1. The summed E-state index contributed by atoms with van der Waals surface area (Å²) in [5.41, 5.74) is 0. The fourth-order valence-corrected chi connectivity index (χ4v) is 2.88. The predicted octanol–water partition coefficient (Wildman–Crippen LogP) is 1.44. The maximum Gasteiger partial charge on any atom is 0.405 e. The number of rotatable bonds is 4. The molecule has 2 heterocycles. The van der Waals surface area contributed by atoms with Crippen molar-refractivity contribution in [2.24, 2.45) is 0 Å². The molecule has 2 N–H and O–H groups in total. The SMILES string of the molecule is Cc1ncc(C(=O)NCC(N2CCNCC2)C(F)(F)F)s1.Cl. The molecule has 1 aliphatic rings. The fraction of sp³-hybridized carbons (Fsp3) is 0.667. The normalized spacial score (nSPS) is 17.6. The summed E-state index contributed by atoms with van der Waals surface area (Å²) < 4.78 is 39.4. The highest BCUT2D eigenvalue weighted by Crippen LogP contribution is 2.25. The van der Waals surface area contributed by atoms with Crippen molar-refractivity contribution in [2.45, 2.75) is 19.1 Å². The Balaban J connectivity index is 0.00000242. The number of piperazine rings is 1. The number of hydrogen-bond acceptors (Lipinski definition) is 5. The zero-order valence-electron chi connectivity index (χ0n) is 11.9. The average Bonchev–Trinajstić information content (AvgIpc) is 2.85. The van der Waals surface area contributed by atoms with E-state index in [2.05, 4.69) is 15.6 Å². The summed E-state index contributed by atoms with van der Waals surface area (Å²) in [7, 11) is 0. The van der Waals surface area contributed by atoms with Crippen molar-refractivity contribution in [3.8, 4) is 0 Å². The Kier molecular flexibility index (Phi) is 7.04. The molecule has 0 spiro atoms. The highest BCUT2D eigenvalue weighted by atomic mass is 35.5. The molecule has 0 radical (unpaired) electrons. The minimum absolute atomic E-state index is 0. The van der Waals surface area contributed by atoms with Gasteiger partial charge in [0.05, 0.1) is 11.2 Å². The van der Waals surface area contributed by atoms with Crippen molar-refractivity contribution in [2.75, 3.05) is 32.7 Å². The van der Waals surface area contributed by atoms with Crippen molar-refractivity contribution in [3.05, 3.63) is 16.1 Å². The predicted molar refractivity (Wildman–Crippen MR) is 80.7 cm³/mol. The third-order valence-corrected chi connectivity index (χ3v) is 4.18. The number of halogens is 4. The van der Waals surface area contributed by atoms with E-state index >= 15 is 0 Å². The van der Waals surface area contributed by atoms with E-state index < -0.39 is 24.7 Å². The Labute approximate surface area is 136 Å². The molecule has 1 fully saturated rings. The molecule has 1 saturated heterocycles. The van der Waals surface area contributed by atoms with Gasteiger partial charge in [0.1, 0.15) is 10.9 Å². The molecular weight excluding hydrogens is 341 g/mol. The molecule has 2 rings (SSSR count). The van der Waals surface area contributed by atoms with E-state index in [4.69, 9.17) is 0 Å². The van der Waals surface area contributed by atoms with E-state index in [1.165, 1.54) is 11.1 Å². The van der Waals surface area contributed by atoms with Gasteiger partial charge in [0, 0.05) is 32.7 Å². The Hall–Kier alpha value is -0.900. The maximum atomic E-state index is 13.1. The highest BCUT2D eigenvalue weighted by molar-refractivity contribution is 7.13. The van der Waals surface area contributed by atoms with Gasteiger partial charge in [0.2, 0.25) is 0 Å². The number of aryl methyl sites for hydroxylation is 1. The molecule has 0 saturated carbocycles. The molecule has 1 aliphatic heterocycles. The fourth-order valence-electron chi connectivity index (χ4n) is 2.19. The van der Waals surface area contributed by atoms with E-state index in [0.29, 0.717) is 36.1 Å². The van der Waals surface area contributed by atoms with Crippen LogP contribution in [0.2, 0.25) is 0 Å². The first-order chi connectivity index (χ1) is 9.88. The average molecular weight is 359 g/mol. The number of alkyl halides is 3. The van der Waals surface area contributed by atoms with Gasteiger partial charge in [-0.3, -0.25) is 9.69 Å². The van der Waals surface area contributed by atoms with Crippen LogP contribution in [0.1, 0.15) is 14.7 Å². The van der Waals surface area contributed by atoms with Crippen LogP contribution in [0.25, 0.3) is 0 Å². The number of hydrogen-bond donors (Lipinski definition) is 2. The smallest absolute Gasteiger partial charge is 0.349 e. The van der Waals surface area contributed by atoms with Gasteiger partial charge in [-0.05, 0) is 6.92 Å². The van der Waals surface area contributed by atoms with E-state index in [1.807, 2.05) is 0 Å². The number of nitrogens with one attached hydrogen (secondary N) is 2. The van der Waals surface area contributed by atoms with Gasteiger partial charge in [-0.15, -0.1) is 23.7 Å². The molecule has 1 aromatic rings. The Morgan fingerprint density at radius 2 is 2.14 bits per heavy atom. The van der Waals surface area contributed by atoms with Gasteiger partial charge in [0.25, 0.3) is 5.91 Å². The molecule has 1 aromatic heterocycles. The first kappa shape index (κ1) is 19.1. The minimum Gasteiger partial charge on any atom is -0.349 e.